The minimum absolute atomic E-state index is 0.0884. The van der Waals surface area contributed by atoms with E-state index in [2.05, 4.69) is 5.10 Å². The molecule has 4 rings (SSSR count). The Morgan fingerprint density at radius 1 is 0.933 bits per heavy atom. The fourth-order valence-electron chi connectivity index (χ4n) is 3.96. The summed E-state index contributed by atoms with van der Waals surface area (Å²) in [4.78, 5) is 11.1. The Morgan fingerprint density at radius 2 is 1.53 bits per heavy atom. The Kier molecular flexibility index (Phi) is 9.22. The molecule has 4 aromatic rings. The quantitative estimate of drug-likeness (QED) is 0.0711. The maximum atomic E-state index is 14.3. The number of ether oxygens (including phenoxy) is 2. The van der Waals surface area contributed by atoms with E-state index in [-0.39, 0.29) is 23.6 Å². The number of nitrogens with one attached hydrogen (secondary N) is 1. The van der Waals surface area contributed by atoms with Gasteiger partial charge < -0.3 is 9.47 Å². The number of hydrogen-bond acceptors (Lipinski definition) is 6. The molecule has 3 aromatic carbocycles. The highest BCUT2D eigenvalue weighted by Crippen LogP contribution is 2.35. The molecule has 8 nitrogen and oxygen atoms in total. The lowest BCUT2D eigenvalue weighted by Gasteiger charge is -2.15. The summed E-state index contributed by atoms with van der Waals surface area (Å²) in [5.74, 6) is -12.9. The molecule has 238 valence electrons. The predicted octanol–water partition coefficient (Wildman–Crippen LogP) is 6.64. The number of aromatic nitrogens is 2. The molecule has 0 aliphatic rings. The van der Waals surface area contributed by atoms with Gasteiger partial charge >= 0.3 is 12.1 Å². The zero-order valence-corrected chi connectivity index (χ0v) is 23.7. The van der Waals surface area contributed by atoms with Crippen molar-refractivity contribution in [1.82, 2.24) is 9.78 Å². The van der Waals surface area contributed by atoms with E-state index in [4.69, 9.17) is 9.47 Å². The van der Waals surface area contributed by atoms with Gasteiger partial charge in [0.2, 0.25) is 5.82 Å². The monoisotopic (exact) mass is 661 g/mol. The number of anilines is 1. The number of carbonyl (C=O) groups is 1. The average molecular weight is 662 g/mol. The molecule has 0 bridgehead atoms. The highest BCUT2D eigenvalue weighted by molar-refractivity contribution is 7.92. The molecule has 0 atom stereocenters. The molecule has 0 saturated heterocycles. The van der Waals surface area contributed by atoms with Gasteiger partial charge in [-0.2, -0.15) is 18.3 Å². The molecule has 1 heterocycles. The van der Waals surface area contributed by atoms with Crippen molar-refractivity contribution in [2.24, 2.45) is 0 Å². The van der Waals surface area contributed by atoms with Crippen LogP contribution in [0.3, 0.4) is 0 Å². The van der Waals surface area contributed by atoms with Crippen LogP contribution < -0.4 is 9.46 Å². The maximum Gasteiger partial charge on any atom is 0.435 e. The van der Waals surface area contributed by atoms with Gasteiger partial charge in [-0.15, -0.1) is 0 Å². The fraction of sp³-hybridized carbons (Fsp3) is 0.143. The third kappa shape index (κ3) is 6.77. The van der Waals surface area contributed by atoms with E-state index >= 15 is 0 Å². The van der Waals surface area contributed by atoms with Gasteiger partial charge in [0, 0.05) is 11.6 Å². The SMILES string of the molecule is CCOC(=O)/C=C/c1cc(-n2nc(C(F)(F)F)cc2-c2ccc(OC)cc2)ccc1S(=O)(=O)Nc1c(F)c(F)c(F)c(F)c1F. The zero-order valence-electron chi connectivity index (χ0n) is 22.8. The third-order valence-corrected chi connectivity index (χ3v) is 7.47. The summed E-state index contributed by atoms with van der Waals surface area (Å²) < 4.78 is 149. The van der Waals surface area contributed by atoms with E-state index in [9.17, 15) is 48.3 Å². The van der Waals surface area contributed by atoms with Crippen LogP contribution in [-0.4, -0.2) is 37.9 Å². The number of sulfonamides is 1. The van der Waals surface area contributed by atoms with Crippen molar-refractivity contribution < 1.29 is 57.8 Å². The number of methoxy groups -OCH3 is 1. The van der Waals surface area contributed by atoms with E-state index in [1.165, 1.54) is 43.0 Å². The lowest BCUT2D eigenvalue weighted by Crippen LogP contribution is -2.18. The minimum atomic E-state index is -5.20. The first-order valence-corrected chi connectivity index (χ1v) is 13.9. The Bertz CT molecular complexity index is 1880. The first kappa shape index (κ1) is 33.0. The number of benzene rings is 3. The van der Waals surface area contributed by atoms with Crippen LogP contribution in [0.5, 0.6) is 5.75 Å². The minimum Gasteiger partial charge on any atom is -0.497 e. The molecule has 0 amide bonds. The van der Waals surface area contributed by atoms with Crippen molar-refractivity contribution in [1.29, 1.82) is 0 Å². The molecular weight excluding hydrogens is 642 g/mol. The second-order valence-corrected chi connectivity index (χ2v) is 10.6. The smallest absolute Gasteiger partial charge is 0.435 e. The van der Waals surface area contributed by atoms with E-state index < -0.39 is 73.1 Å². The van der Waals surface area contributed by atoms with Crippen molar-refractivity contribution in [3.8, 4) is 22.7 Å². The first-order chi connectivity index (χ1) is 21.1. The Labute approximate surface area is 249 Å². The lowest BCUT2D eigenvalue weighted by atomic mass is 10.1. The molecule has 0 fully saturated rings. The summed E-state index contributed by atoms with van der Waals surface area (Å²) in [5.41, 5.74) is -3.75. The fourth-order valence-corrected chi connectivity index (χ4v) is 5.20. The average Bonchev–Trinajstić information content (AvgIpc) is 3.47. The van der Waals surface area contributed by atoms with E-state index in [0.717, 1.165) is 41.1 Å². The van der Waals surface area contributed by atoms with Crippen molar-refractivity contribution >= 4 is 27.8 Å². The summed E-state index contributed by atoms with van der Waals surface area (Å²) in [7, 11) is -3.82. The number of alkyl halides is 3. The van der Waals surface area contributed by atoms with Gasteiger partial charge in [0.05, 0.1) is 30.0 Å². The molecule has 45 heavy (non-hydrogen) atoms. The van der Waals surface area contributed by atoms with Gasteiger partial charge in [-0.05, 0) is 67.1 Å². The topological polar surface area (TPSA) is 99.5 Å². The molecule has 0 radical (unpaired) electrons. The van der Waals surface area contributed by atoms with Crippen LogP contribution in [-0.2, 0) is 25.7 Å². The highest BCUT2D eigenvalue weighted by atomic mass is 32.2. The molecule has 1 aromatic heterocycles. The predicted molar refractivity (Wildman–Crippen MR) is 143 cm³/mol. The Morgan fingerprint density at radius 3 is 2.09 bits per heavy atom. The molecule has 0 aliphatic heterocycles. The van der Waals surface area contributed by atoms with Gasteiger partial charge in [0.1, 0.15) is 11.4 Å². The van der Waals surface area contributed by atoms with E-state index in [0.29, 0.717) is 5.75 Å². The van der Waals surface area contributed by atoms with Crippen LogP contribution in [0.1, 0.15) is 18.2 Å². The van der Waals surface area contributed by atoms with Crippen LogP contribution in [0.2, 0.25) is 0 Å². The van der Waals surface area contributed by atoms with Gasteiger partial charge in [-0.3, -0.25) is 4.72 Å². The molecule has 0 aliphatic carbocycles. The standard InChI is InChI=1S/C28H19F8N3O5S/c1-3-44-21(40)11-6-15-12-16(39-18(13-20(37-39)28(34,35)36)14-4-8-17(43-2)9-5-14)7-10-19(15)45(41,42)38-27-25(32)23(30)22(29)24(31)26(27)33/h4-13,38H,3H2,1-2H3/b11-6+. The summed E-state index contributed by atoms with van der Waals surface area (Å²) in [5, 5.41) is 3.61. The maximum absolute atomic E-state index is 14.3. The van der Waals surface area contributed by atoms with Crippen LogP contribution >= 0.6 is 0 Å². The van der Waals surface area contributed by atoms with Crippen molar-refractivity contribution in [2.45, 2.75) is 18.0 Å². The summed E-state index contributed by atoms with van der Waals surface area (Å²) in [6.45, 7) is 1.38. The van der Waals surface area contributed by atoms with Crippen LogP contribution in [0.25, 0.3) is 23.0 Å². The molecule has 0 unspecified atom stereocenters. The molecule has 17 heteroatoms. The normalized spacial score (nSPS) is 12.0. The van der Waals surface area contributed by atoms with E-state index in [1.54, 1.807) is 0 Å². The number of carbonyl (C=O) groups excluding carboxylic acids is 1. The largest absolute Gasteiger partial charge is 0.497 e. The van der Waals surface area contributed by atoms with Gasteiger partial charge in [0.25, 0.3) is 10.0 Å². The molecule has 0 saturated carbocycles. The number of nitrogens with zero attached hydrogens (tertiary/aromatic N) is 2. The van der Waals surface area contributed by atoms with Crippen molar-refractivity contribution in [3.63, 3.8) is 0 Å². The van der Waals surface area contributed by atoms with Crippen molar-refractivity contribution in [3.05, 3.63) is 95.0 Å². The van der Waals surface area contributed by atoms with E-state index in [1.807, 2.05) is 0 Å². The molecule has 0 spiro atoms. The summed E-state index contributed by atoms with van der Waals surface area (Å²) in [6, 6.07) is 9.22. The summed E-state index contributed by atoms with van der Waals surface area (Å²) >= 11 is 0. The van der Waals surface area contributed by atoms with Crippen LogP contribution in [0.4, 0.5) is 40.8 Å². The Hall–Kier alpha value is -4.93. The van der Waals surface area contributed by atoms with Gasteiger partial charge in [-0.1, -0.05) is 0 Å². The van der Waals surface area contributed by atoms with Crippen LogP contribution in [0, 0.1) is 29.1 Å². The second-order valence-electron chi connectivity index (χ2n) is 8.91. The number of rotatable bonds is 9. The van der Waals surface area contributed by atoms with Crippen molar-refractivity contribution in [2.75, 3.05) is 18.4 Å². The third-order valence-electron chi connectivity index (χ3n) is 6.04. The van der Waals surface area contributed by atoms with Gasteiger partial charge in [0.15, 0.2) is 29.0 Å². The molecular formula is C28H19F8N3O5S. The number of hydrogen-bond donors (Lipinski definition) is 1. The van der Waals surface area contributed by atoms with Gasteiger partial charge in [-0.25, -0.2) is 39.8 Å². The van der Waals surface area contributed by atoms with Crippen LogP contribution in [0.15, 0.2) is 59.5 Å². The first-order valence-electron chi connectivity index (χ1n) is 12.4. The highest BCUT2D eigenvalue weighted by Gasteiger charge is 2.36. The zero-order chi connectivity index (χ0) is 33.3. The molecule has 1 N–H and O–H groups in total. The second kappa shape index (κ2) is 12.6. The number of esters is 1. The Balaban J connectivity index is 1.91. The summed E-state index contributed by atoms with van der Waals surface area (Å²) in [6.07, 6.45) is -3.30. The lowest BCUT2D eigenvalue weighted by molar-refractivity contribution is -0.141. The number of halogens is 8.